The van der Waals surface area contributed by atoms with Crippen molar-refractivity contribution < 1.29 is 17.9 Å². The van der Waals surface area contributed by atoms with Gasteiger partial charge in [-0.25, -0.2) is 17.1 Å². The Bertz CT molecular complexity index is 480. The van der Waals surface area contributed by atoms with Crippen LogP contribution in [0.25, 0.3) is 0 Å². The van der Waals surface area contributed by atoms with Crippen LogP contribution in [0.15, 0.2) is 24.3 Å². The average molecular weight is 259 g/mol. The Balaban J connectivity index is 2.01. The first-order chi connectivity index (χ1) is 8.01. The lowest BCUT2D eigenvalue weighted by Crippen LogP contribution is -2.51. The first-order valence-corrected chi connectivity index (χ1v) is 6.95. The first kappa shape index (κ1) is 12.5. The largest absolute Gasteiger partial charge is 0.396 e. The third-order valence-corrected chi connectivity index (χ3v) is 4.62. The number of aliphatic hydroxyl groups excluding tert-OH is 1. The fraction of sp³-hybridized carbons (Fsp3) is 0.455. The summed E-state index contributed by atoms with van der Waals surface area (Å²) in [6, 6.07) is 5.43. The lowest BCUT2D eigenvalue weighted by molar-refractivity contribution is 0.117. The highest BCUT2D eigenvalue weighted by Crippen LogP contribution is 2.21. The fourth-order valence-corrected chi connectivity index (χ4v) is 3.42. The Hall–Kier alpha value is -0.980. The minimum atomic E-state index is -3.33. The summed E-state index contributed by atoms with van der Waals surface area (Å²) in [6.45, 7) is 0.766. The summed E-state index contributed by atoms with van der Waals surface area (Å²) in [5.74, 6) is -0.445. The van der Waals surface area contributed by atoms with Gasteiger partial charge in [0.15, 0.2) is 0 Å². The maximum Gasteiger partial charge on any atom is 0.218 e. The van der Waals surface area contributed by atoms with E-state index in [2.05, 4.69) is 0 Å². The van der Waals surface area contributed by atoms with Gasteiger partial charge in [-0.05, 0) is 17.7 Å². The van der Waals surface area contributed by atoms with Crippen LogP contribution in [0.5, 0.6) is 0 Å². The maximum absolute atomic E-state index is 12.7. The highest BCUT2D eigenvalue weighted by atomic mass is 32.2. The van der Waals surface area contributed by atoms with Gasteiger partial charge in [0.2, 0.25) is 10.0 Å². The zero-order valence-electron chi connectivity index (χ0n) is 9.21. The van der Waals surface area contributed by atoms with E-state index in [9.17, 15) is 12.8 Å². The van der Waals surface area contributed by atoms with Gasteiger partial charge in [0, 0.05) is 25.6 Å². The molecule has 0 aromatic heterocycles. The van der Waals surface area contributed by atoms with Crippen LogP contribution in [-0.2, 0) is 15.8 Å². The van der Waals surface area contributed by atoms with E-state index in [1.165, 1.54) is 28.6 Å². The first-order valence-electron chi connectivity index (χ1n) is 5.34. The number of benzene rings is 1. The molecular weight excluding hydrogens is 245 g/mol. The molecule has 0 spiro atoms. The number of halogens is 1. The van der Waals surface area contributed by atoms with Crippen LogP contribution in [0, 0.1) is 11.7 Å². The molecule has 0 unspecified atom stereocenters. The van der Waals surface area contributed by atoms with E-state index in [0.29, 0.717) is 18.7 Å². The van der Waals surface area contributed by atoms with Crippen LogP contribution in [0.1, 0.15) is 5.56 Å². The molecule has 1 N–H and O–H groups in total. The van der Waals surface area contributed by atoms with Crippen LogP contribution in [0.4, 0.5) is 4.39 Å². The number of rotatable bonds is 4. The van der Waals surface area contributed by atoms with Crippen LogP contribution >= 0.6 is 0 Å². The van der Waals surface area contributed by atoms with Gasteiger partial charge >= 0.3 is 0 Å². The summed E-state index contributed by atoms with van der Waals surface area (Å²) in [5, 5.41) is 8.83. The van der Waals surface area contributed by atoms with Gasteiger partial charge < -0.3 is 5.11 Å². The Labute approximate surface area is 99.7 Å². The number of nitrogens with zero attached hydrogens (tertiary/aromatic N) is 1. The molecule has 1 aliphatic heterocycles. The topological polar surface area (TPSA) is 57.6 Å². The lowest BCUT2D eigenvalue weighted by atomic mass is 10.1. The van der Waals surface area contributed by atoms with Crippen molar-refractivity contribution in [3.05, 3.63) is 35.6 Å². The van der Waals surface area contributed by atoms with Gasteiger partial charge in [-0.15, -0.1) is 0 Å². The van der Waals surface area contributed by atoms with Gasteiger partial charge in [0.1, 0.15) is 5.82 Å². The molecule has 1 aromatic rings. The van der Waals surface area contributed by atoms with Crippen molar-refractivity contribution in [3.8, 4) is 0 Å². The third kappa shape index (κ3) is 2.83. The normalized spacial score (nSPS) is 18.0. The number of hydrogen-bond donors (Lipinski definition) is 1. The van der Waals surface area contributed by atoms with Crippen molar-refractivity contribution in [2.24, 2.45) is 5.92 Å². The van der Waals surface area contributed by atoms with E-state index >= 15 is 0 Å². The molecule has 1 aromatic carbocycles. The highest BCUT2D eigenvalue weighted by Gasteiger charge is 2.34. The Kier molecular flexibility index (Phi) is 3.46. The van der Waals surface area contributed by atoms with Gasteiger partial charge in [-0.3, -0.25) is 0 Å². The molecule has 0 atom stereocenters. The third-order valence-electron chi connectivity index (χ3n) is 2.84. The zero-order chi connectivity index (χ0) is 12.5. The molecule has 1 saturated heterocycles. The minimum absolute atomic E-state index is 0.0164. The molecule has 0 bridgehead atoms. The molecule has 1 aliphatic rings. The molecule has 94 valence electrons. The SMILES string of the molecule is O=S(=O)(Cc1ccc(F)cc1)N1CC(CO)C1. The second-order valence-corrected chi connectivity index (χ2v) is 6.22. The van der Waals surface area contributed by atoms with E-state index in [0.717, 1.165) is 0 Å². The van der Waals surface area contributed by atoms with E-state index in [-0.39, 0.29) is 24.1 Å². The monoisotopic (exact) mass is 259 g/mol. The molecule has 2 rings (SSSR count). The van der Waals surface area contributed by atoms with Gasteiger partial charge in [-0.1, -0.05) is 12.1 Å². The number of hydrogen-bond acceptors (Lipinski definition) is 3. The molecule has 1 heterocycles. The molecule has 1 fully saturated rings. The lowest BCUT2D eigenvalue weighted by Gasteiger charge is -2.36. The highest BCUT2D eigenvalue weighted by molar-refractivity contribution is 7.88. The number of sulfonamides is 1. The molecule has 17 heavy (non-hydrogen) atoms. The molecule has 0 amide bonds. The number of aliphatic hydroxyl groups is 1. The molecular formula is C11H14FNO3S. The van der Waals surface area contributed by atoms with E-state index in [4.69, 9.17) is 5.11 Å². The molecule has 0 aliphatic carbocycles. The maximum atomic E-state index is 12.7. The van der Waals surface area contributed by atoms with Crippen LogP contribution in [-0.4, -0.2) is 37.5 Å². The summed E-state index contributed by atoms with van der Waals surface area (Å²) < 4.78 is 37.8. The van der Waals surface area contributed by atoms with E-state index < -0.39 is 10.0 Å². The van der Waals surface area contributed by atoms with Crippen LogP contribution < -0.4 is 0 Å². The van der Waals surface area contributed by atoms with Crippen molar-refractivity contribution in [1.29, 1.82) is 0 Å². The van der Waals surface area contributed by atoms with Crippen molar-refractivity contribution in [2.75, 3.05) is 19.7 Å². The summed E-state index contributed by atoms with van der Waals surface area (Å²) in [7, 11) is -3.33. The van der Waals surface area contributed by atoms with Crippen molar-refractivity contribution in [2.45, 2.75) is 5.75 Å². The summed E-state index contributed by atoms with van der Waals surface area (Å²) >= 11 is 0. The molecule has 0 radical (unpaired) electrons. The van der Waals surface area contributed by atoms with Crippen LogP contribution in [0.2, 0.25) is 0 Å². The molecule has 6 heteroatoms. The smallest absolute Gasteiger partial charge is 0.218 e. The predicted molar refractivity (Wildman–Crippen MR) is 61.2 cm³/mol. The fourth-order valence-electron chi connectivity index (χ4n) is 1.75. The van der Waals surface area contributed by atoms with Crippen LogP contribution in [0.3, 0.4) is 0 Å². The summed E-state index contributed by atoms with van der Waals surface area (Å²) in [5.41, 5.74) is 0.568. The summed E-state index contributed by atoms with van der Waals surface area (Å²) in [6.07, 6.45) is 0. The molecule has 4 nitrogen and oxygen atoms in total. The molecule has 0 saturated carbocycles. The van der Waals surface area contributed by atoms with E-state index in [1.807, 2.05) is 0 Å². The average Bonchev–Trinajstić information content (AvgIpc) is 2.19. The minimum Gasteiger partial charge on any atom is -0.396 e. The van der Waals surface area contributed by atoms with Crippen molar-refractivity contribution >= 4 is 10.0 Å². The Morgan fingerprint density at radius 1 is 1.29 bits per heavy atom. The summed E-state index contributed by atoms with van der Waals surface area (Å²) in [4.78, 5) is 0. The van der Waals surface area contributed by atoms with E-state index in [1.54, 1.807) is 0 Å². The zero-order valence-corrected chi connectivity index (χ0v) is 10.0. The second-order valence-electron chi connectivity index (χ2n) is 4.25. The van der Waals surface area contributed by atoms with Gasteiger partial charge in [-0.2, -0.15) is 0 Å². The van der Waals surface area contributed by atoms with Crippen molar-refractivity contribution in [1.82, 2.24) is 4.31 Å². The van der Waals surface area contributed by atoms with Gasteiger partial charge in [0.05, 0.1) is 5.75 Å². The van der Waals surface area contributed by atoms with Gasteiger partial charge in [0.25, 0.3) is 0 Å². The second kappa shape index (κ2) is 4.72. The van der Waals surface area contributed by atoms with Crippen molar-refractivity contribution in [3.63, 3.8) is 0 Å². The predicted octanol–water partition coefficient (Wildman–Crippen LogP) is 0.580. The standard InChI is InChI=1S/C11H14FNO3S/c12-11-3-1-9(2-4-11)8-17(15,16)13-5-10(6-13)7-14/h1-4,10,14H,5-8H2. The Morgan fingerprint density at radius 2 is 1.88 bits per heavy atom. The Morgan fingerprint density at radius 3 is 2.41 bits per heavy atom. The quantitative estimate of drug-likeness (QED) is 0.860.